The molecule has 3 aromatic rings. The number of nitrogens with zero attached hydrogens (tertiary/aromatic N) is 1. The fourth-order valence-corrected chi connectivity index (χ4v) is 3.22. The van der Waals surface area contributed by atoms with Crippen molar-refractivity contribution in [2.45, 2.75) is 13.3 Å². The van der Waals surface area contributed by atoms with E-state index < -0.39 is 29.2 Å². The number of phenolic OH excluding ortho intramolecular Hbond substituents is 1. The minimum Gasteiger partial charge on any atom is -0.503 e. The highest BCUT2D eigenvalue weighted by atomic mass is 35.5. The molecule has 5 nitrogen and oxygen atoms in total. The molecule has 3 rings (SSSR count). The highest BCUT2D eigenvalue weighted by molar-refractivity contribution is 6.31. The molecule has 0 aliphatic heterocycles. The number of nitrogens with one attached hydrogen (secondary N) is 1. The zero-order valence-corrected chi connectivity index (χ0v) is 15.2. The van der Waals surface area contributed by atoms with E-state index in [1.54, 1.807) is 12.1 Å². The molecule has 0 unspecified atom stereocenters. The van der Waals surface area contributed by atoms with E-state index in [-0.39, 0.29) is 34.1 Å². The Morgan fingerprint density at radius 2 is 1.96 bits per heavy atom. The van der Waals surface area contributed by atoms with Crippen molar-refractivity contribution in [2.24, 2.45) is 0 Å². The number of phenols is 1. The van der Waals surface area contributed by atoms with Gasteiger partial charge in [0.15, 0.2) is 17.4 Å². The number of carbonyl (C=O) groups is 2. The van der Waals surface area contributed by atoms with Crippen molar-refractivity contribution in [2.75, 3.05) is 7.05 Å². The molecule has 0 spiro atoms. The average Bonchev–Trinajstić information content (AvgIpc) is 2.90. The maximum atomic E-state index is 14.6. The molecule has 2 aromatic carbocycles. The van der Waals surface area contributed by atoms with Crippen LogP contribution in [0, 0.1) is 18.6 Å². The minimum atomic E-state index is -1.22. The molecule has 0 atom stereocenters. The number of fused-ring (bicyclic) bond motifs is 1. The Kier molecular flexibility index (Phi) is 4.89. The van der Waals surface area contributed by atoms with E-state index >= 15 is 0 Å². The van der Waals surface area contributed by atoms with Gasteiger partial charge >= 0.3 is 0 Å². The van der Waals surface area contributed by atoms with Gasteiger partial charge in [0.2, 0.25) is 5.91 Å². The van der Waals surface area contributed by atoms with Gasteiger partial charge in [0.25, 0.3) is 5.91 Å². The molecule has 1 aromatic heterocycles. The summed E-state index contributed by atoms with van der Waals surface area (Å²) in [5.74, 6) is -4.56. The molecule has 0 saturated heterocycles. The summed E-state index contributed by atoms with van der Waals surface area (Å²) < 4.78 is 29.7. The summed E-state index contributed by atoms with van der Waals surface area (Å²) in [6.45, 7) is 1.52. The van der Waals surface area contributed by atoms with E-state index in [1.165, 1.54) is 26.1 Å². The first-order valence-electron chi connectivity index (χ1n) is 7.98. The van der Waals surface area contributed by atoms with Gasteiger partial charge in [-0.1, -0.05) is 17.7 Å². The third kappa shape index (κ3) is 3.14. The smallest absolute Gasteiger partial charge is 0.262 e. The number of likely N-dealkylation sites (N-methyl/N-ethyl adjacent to an activating group) is 1. The Morgan fingerprint density at radius 1 is 1.26 bits per heavy atom. The molecule has 2 N–H and O–H groups in total. The molecule has 0 saturated carbocycles. The Morgan fingerprint density at radius 3 is 2.59 bits per heavy atom. The average molecular weight is 393 g/mol. The number of carbonyl (C=O) groups excluding carboxylic acids is 2. The zero-order valence-electron chi connectivity index (χ0n) is 14.4. The standard InChI is InChI=1S/C19H15ClF2N2O3/c1-9-12(7-15(25)23-2)16-14(8-13(21)18(26)17(16)22)24(9)19(27)10-4-3-5-11(20)6-10/h3-6,8,26H,7H2,1-2H3,(H,23,25). The van der Waals surface area contributed by atoms with Crippen LogP contribution in [0.2, 0.25) is 5.02 Å². The first kappa shape index (κ1) is 18.8. The quantitative estimate of drug-likeness (QED) is 0.716. The number of aromatic nitrogens is 1. The number of aromatic hydroxyl groups is 1. The lowest BCUT2D eigenvalue weighted by molar-refractivity contribution is -0.119. The molecule has 0 radical (unpaired) electrons. The van der Waals surface area contributed by atoms with Gasteiger partial charge < -0.3 is 10.4 Å². The molecule has 0 aliphatic carbocycles. The third-order valence-corrected chi connectivity index (χ3v) is 4.61. The Hall–Kier alpha value is -2.93. The second kappa shape index (κ2) is 7.00. The fourth-order valence-electron chi connectivity index (χ4n) is 3.03. The molecule has 0 fully saturated rings. The van der Waals surface area contributed by atoms with Crippen molar-refractivity contribution >= 4 is 34.3 Å². The van der Waals surface area contributed by atoms with E-state index in [2.05, 4.69) is 5.32 Å². The van der Waals surface area contributed by atoms with Crippen molar-refractivity contribution < 1.29 is 23.5 Å². The lowest BCUT2D eigenvalue weighted by Crippen LogP contribution is -2.21. The number of halogens is 3. The maximum absolute atomic E-state index is 14.6. The number of amides is 1. The Balaban J connectivity index is 2.34. The molecule has 140 valence electrons. The SMILES string of the molecule is CNC(=O)Cc1c(C)n(C(=O)c2cccc(Cl)c2)c2cc(F)c(O)c(F)c12. The van der Waals surface area contributed by atoms with Crippen LogP contribution in [0.3, 0.4) is 0 Å². The summed E-state index contributed by atoms with van der Waals surface area (Å²) in [6.07, 6.45) is -0.239. The van der Waals surface area contributed by atoms with Crippen LogP contribution < -0.4 is 5.32 Å². The molecule has 1 heterocycles. The van der Waals surface area contributed by atoms with Crippen LogP contribution in [0.25, 0.3) is 10.9 Å². The number of rotatable bonds is 3. The fraction of sp³-hybridized carbons (Fsp3) is 0.158. The van der Waals surface area contributed by atoms with E-state index in [4.69, 9.17) is 11.6 Å². The monoisotopic (exact) mass is 392 g/mol. The van der Waals surface area contributed by atoms with Crippen molar-refractivity contribution in [3.8, 4) is 5.75 Å². The number of hydrogen-bond donors (Lipinski definition) is 2. The van der Waals surface area contributed by atoms with Gasteiger partial charge in [-0.3, -0.25) is 14.2 Å². The molecule has 27 heavy (non-hydrogen) atoms. The second-order valence-corrected chi connectivity index (χ2v) is 6.42. The Bertz CT molecular complexity index is 1090. The van der Waals surface area contributed by atoms with Crippen LogP contribution >= 0.6 is 11.6 Å². The van der Waals surface area contributed by atoms with Crippen molar-refractivity contribution in [1.29, 1.82) is 0 Å². The van der Waals surface area contributed by atoms with Crippen LogP contribution in [0.1, 0.15) is 21.6 Å². The second-order valence-electron chi connectivity index (χ2n) is 5.98. The molecule has 8 heteroatoms. The van der Waals surface area contributed by atoms with Gasteiger partial charge in [-0.05, 0) is 30.7 Å². The first-order valence-corrected chi connectivity index (χ1v) is 8.35. The lowest BCUT2D eigenvalue weighted by atomic mass is 10.1. The van der Waals surface area contributed by atoms with Crippen LogP contribution in [-0.4, -0.2) is 28.5 Å². The zero-order chi connectivity index (χ0) is 19.9. The minimum absolute atomic E-state index is 0.0795. The summed E-state index contributed by atoms with van der Waals surface area (Å²) in [4.78, 5) is 24.9. The van der Waals surface area contributed by atoms with Crippen LogP contribution in [0.15, 0.2) is 30.3 Å². The van der Waals surface area contributed by atoms with E-state index in [1.807, 2.05) is 0 Å². The summed E-state index contributed by atoms with van der Waals surface area (Å²) in [5.41, 5.74) is 0.585. The Labute approximate surface area is 158 Å². The predicted octanol–water partition coefficient (Wildman–Crippen LogP) is 3.56. The molecule has 0 aliphatic rings. The van der Waals surface area contributed by atoms with E-state index in [9.17, 15) is 23.5 Å². The van der Waals surface area contributed by atoms with Crippen molar-refractivity contribution in [1.82, 2.24) is 9.88 Å². The first-order chi connectivity index (χ1) is 12.8. The molecular weight excluding hydrogens is 378 g/mol. The molecular formula is C19H15ClF2N2O3. The third-order valence-electron chi connectivity index (χ3n) is 4.38. The topological polar surface area (TPSA) is 71.3 Å². The summed E-state index contributed by atoms with van der Waals surface area (Å²) >= 11 is 5.93. The molecule has 1 amide bonds. The summed E-state index contributed by atoms with van der Waals surface area (Å²) in [5, 5.41) is 12.2. The van der Waals surface area contributed by atoms with Gasteiger partial charge in [-0.25, -0.2) is 8.78 Å². The largest absolute Gasteiger partial charge is 0.503 e. The van der Waals surface area contributed by atoms with Crippen LogP contribution in [-0.2, 0) is 11.2 Å². The highest BCUT2D eigenvalue weighted by Gasteiger charge is 2.26. The normalized spacial score (nSPS) is 11.0. The lowest BCUT2D eigenvalue weighted by Gasteiger charge is -2.08. The van der Waals surface area contributed by atoms with Gasteiger partial charge in [0, 0.05) is 34.8 Å². The van der Waals surface area contributed by atoms with Crippen molar-refractivity contribution in [3.63, 3.8) is 0 Å². The van der Waals surface area contributed by atoms with E-state index in [0.29, 0.717) is 5.02 Å². The van der Waals surface area contributed by atoms with E-state index in [0.717, 1.165) is 10.6 Å². The maximum Gasteiger partial charge on any atom is 0.262 e. The summed E-state index contributed by atoms with van der Waals surface area (Å²) in [7, 11) is 1.42. The molecule has 0 bridgehead atoms. The van der Waals surface area contributed by atoms with Gasteiger partial charge in [-0.2, -0.15) is 0 Å². The van der Waals surface area contributed by atoms with Gasteiger partial charge in [0.1, 0.15) is 0 Å². The summed E-state index contributed by atoms with van der Waals surface area (Å²) in [6, 6.07) is 6.99. The predicted molar refractivity (Wildman–Crippen MR) is 97.2 cm³/mol. The number of benzene rings is 2. The van der Waals surface area contributed by atoms with Crippen LogP contribution in [0.4, 0.5) is 8.78 Å². The van der Waals surface area contributed by atoms with Gasteiger partial charge in [0.05, 0.1) is 11.9 Å². The van der Waals surface area contributed by atoms with Crippen LogP contribution in [0.5, 0.6) is 5.75 Å². The highest BCUT2D eigenvalue weighted by Crippen LogP contribution is 2.35. The van der Waals surface area contributed by atoms with Gasteiger partial charge in [-0.15, -0.1) is 0 Å². The number of hydrogen-bond acceptors (Lipinski definition) is 3. The van der Waals surface area contributed by atoms with Crippen molar-refractivity contribution in [3.05, 3.63) is 63.8 Å².